The van der Waals surface area contributed by atoms with E-state index in [1.54, 1.807) is 12.1 Å². The monoisotopic (exact) mass is 468 g/mol. The first-order chi connectivity index (χ1) is 16.3. The van der Waals surface area contributed by atoms with Crippen molar-refractivity contribution in [2.24, 2.45) is 0 Å². The number of nitro groups is 2. The Hall–Kier alpha value is -5.00. The summed E-state index contributed by atoms with van der Waals surface area (Å²) in [4.78, 5) is 44.8. The first-order valence-electron chi connectivity index (χ1n) is 9.58. The van der Waals surface area contributed by atoms with Crippen LogP contribution in [-0.4, -0.2) is 35.0 Å². The Morgan fingerprint density at radius 2 is 0.912 bits per heavy atom. The third-order valence-electron chi connectivity index (χ3n) is 4.11. The van der Waals surface area contributed by atoms with Gasteiger partial charge in [0.15, 0.2) is 24.7 Å². The molecule has 0 N–H and O–H groups in total. The first-order valence-corrected chi connectivity index (χ1v) is 9.58. The number of rotatable bonds is 10. The molecule has 0 fully saturated rings. The van der Waals surface area contributed by atoms with Crippen molar-refractivity contribution in [3.63, 3.8) is 0 Å². The Kier molecular flexibility index (Phi) is 7.68. The maximum absolute atomic E-state index is 12.1. The van der Waals surface area contributed by atoms with Crippen LogP contribution in [0.2, 0.25) is 0 Å². The van der Waals surface area contributed by atoms with Crippen LogP contribution >= 0.6 is 0 Å². The molecule has 0 atom stereocenters. The third kappa shape index (κ3) is 6.26. The zero-order chi connectivity index (χ0) is 24.5. The molecule has 0 aliphatic carbocycles. The minimum atomic E-state index is -0.903. The van der Waals surface area contributed by atoms with E-state index >= 15 is 0 Å². The molecule has 0 heterocycles. The summed E-state index contributed by atoms with van der Waals surface area (Å²) in [6.45, 7) is -1.21. The normalized spacial score (nSPS) is 10.1. The second-order valence-corrected chi connectivity index (χ2v) is 6.42. The van der Waals surface area contributed by atoms with Gasteiger partial charge in [0.05, 0.1) is 9.85 Å². The summed E-state index contributed by atoms with van der Waals surface area (Å²) in [5, 5.41) is 22.0. The van der Waals surface area contributed by atoms with Crippen molar-refractivity contribution in [3.8, 4) is 23.0 Å². The lowest BCUT2D eigenvalue weighted by atomic mass is 10.3. The summed E-state index contributed by atoms with van der Waals surface area (Å²) < 4.78 is 20.7. The molecule has 3 rings (SSSR count). The maximum Gasteiger partial charge on any atom is 0.349 e. The van der Waals surface area contributed by atoms with E-state index < -0.39 is 35.0 Å². The molecule has 3 aromatic carbocycles. The van der Waals surface area contributed by atoms with Gasteiger partial charge in [-0.15, -0.1) is 0 Å². The summed E-state index contributed by atoms with van der Waals surface area (Å²) in [5.41, 5.74) is -0.756. The number of carbonyl (C=O) groups is 2. The number of ether oxygens (including phenoxy) is 4. The average molecular weight is 468 g/mol. The van der Waals surface area contributed by atoms with Gasteiger partial charge in [-0.2, -0.15) is 0 Å². The third-order valence-corrected chi connectivity index (χ3v) is 4.11. The molecule has 34 heavy (non-hydrogen) atoms. The molecule has 12 heteroatoms. The van der Waals surface area contributed by atoms with Crippen molar-refractivity contribution in [1.82, 2.24) is 0 Å². The summed E-state index contributed by atoms with van der Waals surface area (Å²) >= 11 is 0. The van der Waals surface area contributed by atoms with Gasteiger partial charge < -0.3 is 18.9 Å². The van der Waals surface area contributed by atoms with Crippen molar-refractivity contribution >= 4 is 23.3 Å². The van der Waals surface area contributed by atoms with E-state index in [1.807, 2.05) is 0 Å². The molecule has 0 amide bonds. The van der Waals surface area contributed by atoms with Gasteiger partial charge in [-0.3, -0.25) is 20.2 Å². The van der Waals surface area contributed by atoms with Crippen LogP contribution < -0.4 is 18.9 Å². The van der Waals surface area contributed by atoms with E-state index in [2.05, 4.69) is 0 Å². The highest BCUT2D eigenvalue weighted by molar-refractivity contribution is 5.76. The fourth-order valence-electron chi connectivity index (χ4n) is 2.65. The van der Waals surface area contributed by atoms with Gasteiger partial charge in [0.1, 0.15) is 0 Å². The van der Waals surface area contributed by atoms with Gasteiger partial charge >= 0.3 is 23.3 Å². The highest BCUT2D eigenvalue weighted by Crippen LogP contribution is 2.29. The van der Waals surface area contributed by atoms with Crippen LogP contribution in [0.1, 0.15) is 0 Å². The lowest BCUT2D eigenvalue weighted by molar-refractivity contribution is -0.385. The fourth-order valence-corrected chi connectivity index (χ4v) is 2.65. The van der Waals surface area contributed by atoms with Crippen LogP contribution in [0.3, 0.4) is 0 Å². The average Bonchev–Trinajstić information content (AvgIpc) is 2.82. The lowest BCUT2D eigenvalue weighted by Crippen LogP contribution is -2.20. The van der Waals surface area contributed by atoms with Crippen molar-refractivity contribution in [2.45, 2.75) is 0 Å². The Labute approximate surface area is 191 Å². The molecule has 0 saturated heterocycles. The van der Waals surface area contributed by atoms with E-state index in [0.29, 0.717) is 0 Å². The molecular formula is C22H16N2O10. The number of carbonyl (C=O) groups excluding carboxylic acids is 2. The molecule has 174 valence electrons. The molecule has 0 saturated carbocycles. The van der Waals surface area contributed by atoms with E-state index in [9.17, 15) is 29.8 Å². The van der Waals surface area contributed by atoms with Crippen LogP contribution in [0.25, 0.3) is 0 Å². The standard InChI is InChI=1S/C22H16N2O10/c25-21(33-17-9-3-1-7-15(17)23(27)28)13-31-19-11-5-6-12-20(19)32-14-22(26)34-18-10-4-2-8-16(18)24(29)30/h1-12H,13-14H2. The molecule has 0 bridgehead atoms. The fraction of sp³-hybridized carbons (Fsp3) is 0.0909. The summed E-state index contributed by atoms with van der Waals surface area (Å²) in [6, 6.07) is 16.8. The van der Waals surface area contributed by atoms with Crippen molar-refractivity contribution in [2.75, 3.05) is 13.2 Å². The van der Waals surface area contributed by atoms with Crippen LogP contribution in [0.5, 0.6) is 23.0 Å². The Balaban J connectivity index is 1.58. The summed E-state index contributed by atoms with van der Waals surface area (Å²) in [7, 11) is 0. The van der Waals surface area contributed by atoms with Crippen LogP contribution in [-0.2, 0) is 9.59 Å². The Bertz CT molecular complexity index is 1130. The second kappa shape index (κ2) is 11.0. The van der Waals surface area contributed by atoms with Gasteiger partial charge in [-0.05, 0) is 24.3 Å². The maximum atomic E-state index is 12.1. The molecule has 3 aromatic rings. The van der Waals surface area contributed by atoms with Gasteiger partial charge in [-0.1, -0.05) is 36.4 Å². The van der Waals surface area contributed by atoms with Gasteiger partial charge in [0.25, 0.3) is 0 Å². The lowest BCUT2D eigenvalue weighted by Gasteiger charge is -2.12. The number of hydrogen-bond donors (Lipinski definition) is 0. The first kappa shape index (κ1) is 23.7. The molecule has 0 aliphatic rings. The van der Waals surface area contributed by atoms with Crippen LogP contribution in [0.15, 0.2) is 72.8 Å². The number of benzene rings is 3. The molecular weight excluding hydrogens is 452 g/mol. The molecule has 0 spiro atoms. The molecule has 0 unspecified atom stereocenters. The smallest absolute Gasteiger partial charge is 0.349 e. The molecule has 0 radical (unpaired) electrons. The molecule has 0 aromatic heterocycles. The number of nitrogens with zero attached hydrogens (tertiary/aromatic N) is 2. The summed E-state index contributed by atoms with van der Waals surface area (Å²) in [5.74, 6) is -2.10. The number of hydrogen-bond acceptors (Lipinski definition) is 10. The largest absolute Gasteiger partial charge is 0.478 e. The summed E-state index contributed by atoms with van der Waals surface area (Å²) in [6.07, 6.45) is 0. The predicted octanol–water partition coefficient (Wildman–Crippen LogP) is 3.47. The topological polar surface area (TPSA) is 157 Å². The van der Waals surface area contributed by atoms with E-state index in [4.69, 9.17) is 18.9 Å². The van der Waals surface area contributed by atoms with E-state index in [-0.39, 0.29) is 34.4 Å². The zero-order valence-corrected chi connectivity index (χ0v) is 17.3. The minimum absolute atomic E-state index is 0.0838. The quantitative estimate of drug-likeness (QED) is 0.187. The number of esters is 2. The van der Waals surface area contributed by atoms with Crippen LogP contribution in [0.4, 0.5) is 11.4 Å². The van der Waals surface area contributed by atoms with E-state index in [0.717, 1.165) is 0 Å². The van der Waals surface area contributed by atoms with Crippen molar-refractivity contribution in [1.29, 1.82) is 0 Å². The van der Waals surface area contributed by atoms with Gasteiger partial charge in [0.2, 0.25) is 11.5 Å². The predicted molar refractivity (Wildman–Crippen MR) is 115 cm³/mol. The molecule has 0 aliphatic heterocycles. The minimum Gasteiger partial charge on any atom is -0.478 e. The SMILES string of the molecule is O=C(COc1ccccc1OCC(=O)Oc1ccccc1[N+](=O)[O-])Oc1ccccc1[N+](=O)[O-]. The zero-order valence-electron chi connectivity index (χ0n) is 17.3. The highest BCUT2D eigenvalue weighted by atomic mass is 16.6. The Morgan fingerprint density at radius 1 is 0.588 bits per heavy atom. The van der Waals surface area contributed by atoms with Gasteiger partial charge in [0, 0.05) is 12.1 Å². The van der Waals surface area contributed by atoms with Crippen LogP contribution in [0, 0.1) is 20.2 Å². The number of para-hydroxylation sites is 6. The van der Waals surface area contributed by atoms with Crippen molar-refractivity contribution < 1.29 is 38.4 Å². The van der Waals surface area contributed by atoms with E-state index in [1.165, 1.54) is 60.7 Å². The Morgan fingerprint density at radius 3 is 1.26 bits per heavy atom. The highest BCUT2D eigenvalue weighted by Gasteiger charge is 2.19. The number of nitro benzene ring substituents is 2. The van der Waals surface area contributed by atoms with Gasteiger partial charge in [-0.25, -0.2) is 9.59 Å². The second-order valence-electron chi connectivity index (χ2n) is 6.42. The van der Waals surface area contributed by atoms with Crippen molar-refractivity contribution in [3.05, 3.63) is 93.0 Å². The molecule has 12 nitrogen and oxygen atoms in total.